The van der Waals surface area contributed by atoms with Crippen molar-refractivity contribution in [3.8, 4) is 5.75 Å². The maximum Gasteiger partial charge on any atom is 0.410 e. The van der Waals surface area contributed by atoms with Crippen LogP contribution < -0.4 is 4.74 Å². The summed E-state index contributed by atoms with van der Waals surface area (Å²) < 4.78 is 12.6. The molecule has 0 aromatic heterocycles. The number of likely N-dealkylation sites (tertiary alicyclic amines) is 1. The molecule has 1 aliphatic rings. The molecule has 1 fully saturated rings. The van der Waals surface area contributed by atoms with Crippen LogP contribution in [0.15, 0.2) is 22.7 Å². The highest BCUT2D eigenvalue weighted by atomic mass is 79.9. The van der Waals surface area contributed by atoms with Crippen LogP contribution in [0, 0.1) is 12.8 Å². The molecule has 4 nitrogen and oxygen atoms in total. The number of rotatable bonds is 5. The first-order chi connectivity index (χ1) is 12.1. The van der Waals surface area contributed by atoms with E-state index in [9.17, 15) is 4.79 Å². The molecule has 1 saturated heterocycles. The van der Waals surface area contributed by atoms with Gasteiger partial charge in [0.2, 0.25) is 0 Å². The lowest BCUT2D eigenvalue weighted by molar-refractivity contribution is 0.0177. The van der Waals surface area contributed by atoms with E-state index in [1.54, 1.807) is 0 Å². The second-order valence-electron chi connectivity index (χ2n) is 8.33. The minimum Gasteiger partial charge on any atom is -0.491 e. The van der Waals surface area contributed by atoms with Crippen LogP contribution in [0.1, 0.15) is 58.9 Å². The summed E-state index contributed by atoms with van der Waals surface area (Å²) in [5, 5.41) is 0. The average molecular weight is 426 g/mol. The molecular formula is C21H32BrNO3. The largest absolute Gasteiger partial charge is 0.491 e. The molecule has 1 aromatic carbocycles. The van der Waals surface area contributed by atoms with Crippen molar-refractivity contribution < 1.29 is 14.3 Å². The van der Waals surface area contributed by atoms with E-state index in [2.05, 4.69) is 35.8 Å². The number of halogens is 1. The average Bonchev–Trinajstić information content (AvgIpc) is 2.55. The summed E-state index contributed by atoms with van der Waals surface area (Å²) in [5.74, 6) is 1.59. The summed E-state index contributed by atoms with van der Waals surface area (Å²) in [4.78, 5) is 14.0. The van der Waals surface area contributed by atoms with Crippen LogP contribution >= 0.6 is 15.9 Å². The van der Waals surface area contributed by atoms with Crippen molar-refractivity contribution in [1.82, 2.24) is 4.90 Å². The van der Waals surface area contributed by atoms with E-state index in [0.717, 1.165) is 49.0 Å². The molecular weight excluding hydrogens is 394 g/mol. The molecule has 1 aromatic rings. The van der Waals surface area contributed by atoms with Crippen LogP contribution in [0.5, 0.6) is 5.75 Å². The van der Waals surface area contributed by atoms with Gasteiger partial charge in [-0.25, -0.2) is 4.79 Å². The molecule has 146 valence electrons. The van der Waals surface area contributed by atoms with Crippen molar-refractivity contribution in [2.75, 3.05) is 13.1 Å². The van der Waals surface area contributed by atoms with E-state index in [4.69, 9.17) is 9.47 Å². The number of carbonyl (C=O) groups is 1. The Bertz CT molecular complexity index is 604. The van der Waals surface area contributed by atoms with E-state index in [0.29, 0.717) is 5.92 Å². The Kier molecular flexibility index (Phi) is 7.39. The van der Waals surface area contributed by atoms with Crippen LogP contribution in [0.4, 0.5) is 4.79 Å². The molecule has 5 heteroatoms. The number of aryl methyl sites for hydroxylation is 1. The molecule has 0 N–H and O–H groups in total. The van der Waals surface area contributed by atoms with Crippen molar-refractivity contribution in [2.24, 2.45) is 5.92 Å². The lowest BCUT2D eigenvalue weighted by atomic mass is 9.91. The van der Waals surface area contributed by atoms with Crippen LogP contribution in [-0.4, -0.2) is 35.8 Å². The van der Waals surface area contributed by atoms with Crippen LogP contribution in [0.3, 0.4) is 0 Å². The molecule has 1 atom stereocenters. The summed E-state index contributed by atoms with van der Waals surface area (Å²) in [6.07, 6.45) is 4.27. The van der Waals surface area contributed by atoms with Gasteiger partial charge in [0, 0.05) is 17.6 Å². The number of hydrogen-bond acceptors (Lipinski definition) is 3. The number of hydrogen-bond donors (Lipinski definition) is 0. The number of ether oxygens (including phenoxy) is 2. The van der Waals surface area contributed by atoms with E-state index < -0.39 is 5.60 Å². The summed E-state index contributed by atoms with van der Waals surface area (Å²) in [6, 6.07) is 6.11. The Morgan fingerprint density at radius 2 is 1.96 bits per heavy atom. The predicted molar refractivity (Wildman–Crippen MR) is 109 cm³/mol. The molecule has 1 amide bonds. The molecule has 0 saturated carbocycles. The highest BCUT2D eigenvalue weighted by Crippen LogP contribution is 2.26. The Hall–Kier alpha value is -1.23. The van der Waals surface area contributed by atoms with Gasteiger partial charge in [0.1, 0.15) is 11.4 Å². The Morgan fingerprint density at radius 3 is 2.54 bits per heavy atom. The molecule has 0 bridgehead atoms. The summed E-state index contributed by atoms with van der Waals surface area (Å²) in [6.45, 7) is 11.5. The topological polar surface area (TPSA) is 38.8 Å². The molecule has 1 aliphatic heterocycles. The first-order valence-electron chi connectivity index (χ1n) is 9.55. The zero-order valence-electron chi connectivity index (χ0n) is 16.7. The van der Waals surface area contributed by atoms with Gasteiger partial charge < -0.3 is 14.4 Å². The van der Waals surface area contributed by atoms with Crippen molar-refractivity contribution in [3.63, 3.8) is 0 Å². The smallest absolute Gasteiger partial charge is 0.410 e. The van der Waals surface area contributed by atoms with Crippen molar-refractivity contribution >= 4 is 22.0 Å². The lowest BCUT2D eigenvalue weighted by Gasteiger charge is -2.33. The minimum atomic E-state index is -0.425. The summed E-state index contributed by atoms with van der Waals surface area (Å²) in [5.41, 5.74) is 0.760. The zero-order valence-corrected chi connectivity index (χ0v) is 18.3. The maximum absolute atomic E-state index is 12.1. The quantitative estimate of drug-likeness (QED) is 0.584. The number of carbonyl (C=O) groups excluding carboxylic acids is 1. The molecule has 0 unspecified atom stereocenters. The van der Waals surface area contributed by atoms with E-state index in [-0.39, 0.29) is 12.2 Å². The number of piperidine rings is 1. The van der Waals surface area contributed by atoms with Crippen LogP contribution in [0.25, 0.3) is 0 Å². The van der Waals surface area contributed by atoms with Gasteiger partial charge in [0.25, 0.3) is 0 Å². The van der Waals surface area contributed by atoms with Gasteiger partial charge in [-0.05, 0) is 90.0 Å². The number of benzene rings is 1. The lowest BCUT2D eigenvalue weighted by Crippen LogP contribution is -2.41. The van der Waals surface area contributed by atoms with Crippen molar-refractivity contribution in [1.29, 1.82) is 0 Å². The molecule has 0 aliphatic carbocycles. The zero-order chi connectivity index (χ0) is 19.3. The second-order valence-corrected chi connectivity index (χ2v) is 9.18. The minimum absolute atomic E-state index is 0.182. The molecule has 1 heterocycles. The van der Waals surface area contributed by atoms with Crippen LogP contribution in [0.2, 0.25) is 0 Å². The van der Waals surface area contributed by atoms with Gasteiger partial charge in [0.05, 0.1) is 6.10 Å². The van der Waals surface area contributed by atoms with Crippen LogP contribution in [-0.2, 0) is 4.74 Å². The first-order valence-corrected chi connectivity index (χ1v) is 10.3. The Labute approximate surface area is 166 Å². The monoisotopic (exact) mass is 425 g/mol. The fourth-order valence-corrected chi connectivity index (χ4v) is 3.43. The van der Waals surface area contributed by atoms with Gasteiger partial charge in [-0.15, -0.1) is 0 Å². The first kappa shape index (κ1) is 21.1. The standard InChI is InChI=1S/C21H32BrNO3/c1-15-14-18(8-9-19(15)22)25-16(2)6-7-17-10-12-23(13-11-17)20(24)26-21(3,4)5/h8-9,14,16-17H,6-7,10-13H2,1-5H3/t16-/m1/s1. The number of amides is 1. The molecule has 26 heavy (non-hydrogen) atoms. The third-order valence-electron chi connectivity index (χ3n) is 4.71. The fraction of sp³-hybridized carbons (Fsp3) is 0.667. The van der Waals surface area contributed by atoms with E-state index in [1.165, 1.54) is 5.56 Å². The van der Waals surface area contributed by atoms with Gasteiger partial charge in [0.15, 0.2) is 0 Å². The van der Waals surface area contributed by atoms with Gasteiger partial charge in [-0.3, -0.25) is 0 Å². The van der Waals surface area contributed by atoms with Gasteiger partial charge >= 0.3 is 6.09 Å². The van der Waals surface area contributed by atoms with Gasteiger partial charge in [-0.1, -0.05) is 15.9 Å². The number of nitrogens with zero attached hydrogens (tertiary/aromatic N) is 1. The third kappa shape index (κ3) is 6.82. The van der Waals surface area contributed by atoms with Gasteiger partial charge in [-0.2, -0.15) is 0 Å². The predicted octanol–water partition coefficient (Wildman–Crippen LogP) is 5.95. The highest BCUT2D eigenvalue weighted by Gasteiger charge is 2.27. The van der Waals surface area contributed by atoms with E-state index >= 15 is 0 Å². The summed E-state index contributed by atoms with van der Waals surface area (Å²) >= 11 is 3.52. The molecule has 0 spiro atoms. The fourth-order valence-electron chi connectivity index (χ4n) is 3.18. The molecule has 0 radical (unpaired) electrons. The SMILES string of the molecule is Cc1cc(O[C@H](C)CCC2CCN(C(=O)OC(C)(C)C)CC2)ccc1Br. The molecule has 2 rings (SSSR count). The van der Waals surface area contributed by atoms with Crippen molar-refractivity contribution in [2.45, 2.75) is 72.0 Å². The Balaban J connectivity index is 1.70. The highest BCUT2D eigenvalue weighted by molar-refractivity contribution is 9.10. The second kappa shape index (κ2) is 9.12. The summed E-state index contributed by atoms with van der Waals surface area (Å²) in [7, 11) is 0. The van der Waals surface area contributed by atoms with Crippen molar-refractivity contribution in [3.05, 3.63) is 28.2 Å². The third-order valence-corrected chi connectivity index (χ3v) is 5.60. The Morgan fingerprint density at radius 1 is 1.31 bits per heavy atom. The van der Waals surface area contributed by atoms with E-state index in [1.807, 2.05) is 37.8 Å². The normalized spacial score (nSPS) is 17.1. The maximum atomic E-state index is 12.1.